The number of ether oxygens (including phenoxy) is 6. The number of hydrogen-bond donors (Lipinski definition) is 1. The molecule has 6 atom stereocenters. The SMILES string of the molecule is N=C(O[C@H]1OC2COC(c3ccccc3)O[C@@H]2C(OCc2ccccc2)C1OC(=O)c1ccccc1)C(Cl)(Cl)Cl. The van der Waals surface area contributed by atoms with E-state index < -0.39 is 52.7 Å². The summed E-state index contributed by atoms with van der Waals surface area (Å²) in [6.45, 7) is 0.276. The van der Waals surface area contributed by atoms with Crippen molar-refractivity contribution in [3.8, 4) is 0 Å². The van der Waals surface area contributed by atoms with Crippen LogP contribution in [-0.4, -0.2) is 53.0 Å². The standard InChI is InChI=1S/C29H26Cl3NO7/c30-29(31,32)28(33)40-27-24(38-25(34)19-12-6-2-7-13-19)23(35-16-18-10-4-1-5-11-18)22-21(37-27)17-36-26(39-22)20-14-8-3-9-15-20/h1-15,21-24,26-27,33H,16-17H2/t21?,22-,23?,24?,26?,27+/m0/s1. The molecule has 210 valence electrons. The van der Waals surface area contributed by atoms with Gasteiger partial charge in [0.25, 0.3) is 3.79 Å². The van der Waals surface area contributed by atoms with Crippen molar-refractivity contribution >= 4 is 46.7 Å². The summed E-state index contributed by atoms with van der Waals surface area (Å²) in [4.78, 5) is 13.2. The molecule has 0 amide bonds. The van der Waals surface area contributed by atoms with Crippen molar-refractivity contribution in [2.24, 2.45) is 0 Å². The van der Waals surface area contributed by atoms with Crippen LogP contribution in [0.2, 0.25) is 0 Å². The van der Waals surface area contributed by atoms with E-state index in [1.165, 1.54) is 0 Å². The fraction of sp³-hybridized carbons (Fsp3) is 0.310. The van der Waals surface area contributed by atoms with Gasteiger partial charge in [-0.15, -0.1) is 0 Å². The lowest BCUT2D eigenvalue weighted by molar-refractivity contribution is -0.357. The van der Waals surface area contributed by atoms with Crippen LogP contribution in [0.1, 0.15) is 27.8 Å². The number of fused-ring (bicyclic) bond motifs is 1. The summed E-state index contributed by atoms with van der Waals surface area (Å²) in [7, 11) is 0. The van der Waals surface area contributed by atoms with Crippen LogP contribution in [0.5, 0.6) is 0 Å². The third-order valence-corrected chi connectivity index (χ3v) is 6.90. The van der Waals surface area contributed by atoms with E-state index in [1.54, 1.807) is 30.3 Å². The molecule has 0 saturated carbocycles. The zero-order valence-corrected chi connectivity index (χ0v) is 23.3. The molecule has 2 saturated heterocycles. The van der Waals surface area contributed by atoms with Crippen molar-refractivity contribution in [1.82, 2.24) is 0 Å². The Hall–Kier alpha value is -2.69. The van der Waals surface area contributed by atoms with E-state index in [2.05, 4.69) is 0 Å². The van der Waals surface area contributed by atoms with E-state index in [9.17, 15) is 4.79 Å². The normalized spacial score (nSPS) is 26.4. The molecule has 8 nitrogen and oxygen atoms in total. The fourth-order valence-electron chi connectivity index (χ4n) is 4.45. The van der Waals surface area contributed by atoms with Crippen molar-refractivity contribution in [2.45, 2.75) is 47.4 Å². The highest BCUT2D eigenvalue weighted by Crippen LogP contribution is 2.38. The lowest BCUT2D eigenvalue weighted by Crippen LogP contribution is -2.64. The van der Waals surface area contributed by atoms with E-state index in [4.69, 9.17) is 68.6 Å². The Morgan fingerprint density at radius 1 is 0.850 bits per heavy atom. The second kappa shape index (κ2) is 12.9. The second-order valence-corrected chi connectivity index (χ2v) is 11.4. The van der Waals surface area contributed by atoms with Crippen LogP contribution in [0.15, 0.2) is 91.0 Å². The van der Waals surface area contributed by atoms with Crippen molar-refractivity contribution < 1.29 is 33.2 Å². The van der Waals surface area contributed by atoms with Gasteiger partial charge in [0.15, 0.2) is 12.4 Å². The highest BCUT2D eigenvalue weighted by atomic mass is 35.6. The van der Waals surface area contributed by atoms with Crippen LogP contribution >= 0.6 is 34.8 Å². The topological polar surface area (TPSA) is 96.3 Å². The van der Waals surface area contributed by atoms with Crippen LogP contribution in [0.4, 0.5) is 0 Å². The molecule has 0 radical (unpaired) electrons. The molecule has 2 aliphatic heterocycles. The molecule has 2 aliphatic rings. The number of alkyl halides is 3. The summed E-state index contributed by atoms with van der Waals surface area (Å²) in [6.07, 6.45) is -5.64. The average molecular weight is 607 g/mol. The zero-order chi connectivity index (χ0) is 28.1. The molecule has 3 aromatic rings. The largest absolute Gasteiger partial charge is 0.449 e. The van der Waals surface area contributed by atoms with Gasteiger partial charge in [-0.1, -0.05) is 114 Å². The first-order chi connectivity index (χ1) is 19.3. The van der Waals surface area contributed by atoms with Gasteiger partial charge in [-0.2, -0.15) is 0 Å². The minimum Gasteiger partial charge on any atom is -0.449 e. The van der Waals surface area contributed by atoms with Crippen molar-refractivity contribution in [1.29, 1.82) is 5.41 Å². The first-order valence-corrected chi connectivity index (χ1v) is 13.6. The molecular formula is C29H26Cl3NO7. The molecule has 0 bridgehead atoms. The Balaban J connectivity index is 1.47. The Morgan fingerprint density at radius 2 is 1.48 bits per heavy atom. The monoisotopic (exact) mass is 605 g/mol. The van der Waals surface area contributed by atoms with Crippen LogP contribution in [0, 0.1) is 5.41 Å². The van der Waals surface area contributed by atoms with Gasteiger partial charge in [0.2, 0.25) is 12.2 Å². The summed E-state index contributed by atoms with van der Waals surface area (Å²) in [6, 6.07) is 27.4. The molecule has 40 heavy (non-hydrogen) atoms. The number of carbonyl (C=O) groups is 1. The number of halogens is 3. The Morgan fingerprint density at radius 3 is 2.12 bits per heavy atom. The smallest absolute Gasteiger partial charge is 0.338 e. The lowest BCUT2D eigenvalue weighted by Gasteiger charge is -2.48. The number of esters is 1. The predicted molar refractivity (Wildman–Crippen MR) is 148 cm³/mol. The van der Waals surface area contributed by atoms with Gasteiger partial charge in [0, 0.05) is 5.56 Å². The van der Waals surface area contributed by atoms with Crippen molar-refractivity contribution in [3.63, 3.8) is 0 Å². The molecule has 2 fully saturated rings. The van der Waals surface area contributed by atoms with E-state index in [0.717, 1.165) is 11.1 Å². The van der Waals surface area contributed by atoms with Gasteiger partial charge in [-0.05, 0) is 17.7 Å². The molecule has 0 spiro atoms. The van der Waals surface area contributed by atoms with Crippen LogP contribution in [0.25, 0.3) is 0 Å². The van der Waals surface area contributed by atoms with Gasteiger partial charge in [0.1, 0.15) is 18.3 Å². The minimum atomic E-state index is -2.17. The van der Waals surface area contributed by atoms with Crippen molar-refractivity contribution in [3.05, 3.63) is 108 Å². The minimum absolute atomic E-state index is 0.107. The van der Waals surface area contributed by atoms with Gasteiger partial charge < -0.3 is 28.4 Å². The second-order valence-electron chi connectivity index (χ2n) is 9.16. The first-order valence-electron chi connectivity index (χ1n) is 12.5. The van der Waals surface area contributed by atoms with Gasteiger partial charge in [-0.25, -0.2) is 4.79 Å². The third kappa shape index (κ3) is 6.95. The molecule has 5 rings (SSSR count). The number of benzene rings is 3. The predicted octanol–water partition coefficient (Wildman–Crippen LogP) is 6.00. The fourth-order valence-corrected chi connectivity index (χ4v) is 4.59. The summed E-state index contributed by atoms with van der Waals surface area (Å²) in [5.41, 5.74) is 1.99. The molecule has 0 aromatic heterocycles. The average Bonchev–Trinajstić information content (AvgIpc) is 2.97. The number of carbonyl (C=O) groups excluding carboxylic acids is 1. The summed E-state index contributed by atoms with van der Waals surface area (Å²) < 4.78 is 34.2. The molecular weight excluding hydrogens is 581 g/mol. The molecule has 4 unspecified atom stereocenters. The van der Waals surface area contributed by atoms with Gasteiger partial charge in [0.05, 0.1) is 18.8 Å². The molecule has 11 heteroatoms. The number of hydrogen-bond acceptors (Lipinski definition) is 8. The van der Waals surface area contributed by atoms with Crippen LogP contribution in [-0.2, 0) is 35.0 Å². The molecule has 0 aliphatic carbocycles. The zero-order valence-electron chi connectivity index (χ0n) is 21.0. The summed E-state index contributed by atoms with van der Waals surface area (Å²) >= 11 is 17.7. The third-order valence-electron chi connectivity index (χ3n) is 6.38. The first kappa shape index (κ1) is 28.8. The number of rotatable bonds is 7. The lowest BCUT2D eigenvalue weighted by atomic mass is 9.97. The Labute approximate surface area is 246 Å². The molecule has 1 N–H and O–H groups in total. The molecule has 3 aromatic carbocycles. The maximum atomic E-state index is 13.2. The Kier molecular flexibility index (Phi) is 9.27. The van der Waals surface area contributed by atoms with E-state index >= 15 is 0 Å². The highest BCUT2D eigenvalue weighted by molar-refractivity contribution is 6.76. The van der Waals surface area contributed by atoms with Crippen molar-refractivity contribution in [2.75, 3.05) is 6.61 Å². The van der Waals surface area contributed by atoms with E-state index in [-0.39, 0.29) is 13.2 Å². The van der Waals surface area contributed by atoms with Crippen LogP contribution in [0.3, 0.4) is 0 Å². The van der Waals surface area contributed by atoms with E-state index in [0.29, 0.717) is 5.56 Å². The van der Waals surface area contributed by atoms with Gasteiger partial charge in [-0.3, -0.25) is 5.41 Å². The quantitative estimate of drug-likeness (QED) is 0.153. The van der Waals surface area contributed by atoms with Crippen LogP contribution < -0.4 is 0 Å². The highest BCUT2D eigenvalue weighted by Gasteiger charge is 2.54. The Bertz CT molecular complexity index is 1280. The van der Waals surface area contributed by atoms with Gasteiger partial charge >= 0.3 is 5.97 Å². The summed E-state index contributed by atoms with van der Waals surface area (Å²) in [5.74, 6) is -1.36. The maximum Gasteiger partial charge on any atom is 0.338 e. The molecule has 2 heterocycles. The van der Waals surface area contributed by atoms with E-state index in [1.807, 2.05) is 60.7 Å². The summed E-state index contributed by atoms with van der Waals surface area (Å²) in [5, 5.41) is 8.15. The maximum absolute atomic E-state index is 13.2. The number of nitrogens with one attached hydrogen (secondary N) is 1.